The average Bonchev–Trinajstić information content (AvgIpc) is 3.20. The first-order valence-electron chi connectivity index (χ1n) is 9.30. The van der Waals surface area contributed by atoms with Gasteiger partial charge in [0.15, 0.2) is 0 Å². The Morgan fingerprint density at radius 3 is 2.70 bits per heavy atom. The highest BCUT2D eigenvalue weighted by atomic mass is 16.5. The molecule has 0 aliphatic rings. The van der Waals surface area contributed by atoms with Crippen LogP contribution in [-0.4, -0.2) is 28.6 Å². The number of nitrogens with one attached hydrogen (secondary N) is 1. The summed E-state index contributed by atoms with van der Waals surface area (Å²) in [5, 5.41) is 2.99. The van der Waals surface area contributed by atoms with Crippen molar-refractivity contribution in [3.05, 3.63) is 83.9 Å². The van der Waals surface area contributed by atoms with Crippen LogP contribution in [0.2, 0.25) is 0 Å². The number of aromatic nitrogens is 2. The van der Waals surface area contributed by atoms with Crippen LogP contribution in [0.3, 0.4) is 0 Å². The van der Waals surface area contributed by atoms with Gasteiger partial charge in [-0.05, 0) is 49.1 Å². The van der Waals surface area contributed by atoms with Crippen molar-refractivity contribution in [3.8, 4) is 5.75 Å². The van der Waals surface area contributed by atoms with Crippen LogP contribution < -0.4 is 10.1 Å². The van der Waals surface area contributed by atoms with Crippen LogP contribution in [0.5, 0.6) is 5.75 Å². The van der Waals surface area contributed by atoms with E-state index < -0.39 is 0 Å². The molecule has 0 bridgehead atoms. The van der Waals surface area contributed by atoms with Crippen molar-refractivity contribution < 1.29 is 9.53 Å². The molecular formula is C22H25N3O2. The number of ether oxygens (including phenoxy) is 1. The van der Waals surface area contributed by atoms with Crippen LogP contribution in [0, 0.1) is 0 Å². The molecule has 1 amide bonds. The Bertz CT molecular complexity index is 842. The van der Waals surface area contributed by atoms with Crippen molar-refractivity contribution in [2.24, 2.45) is 0 Å². The third kappa shape index (κ3) is 5.45. The zero-order valence-electron chi connectivity index (χ0n) is 15.6. The zero-order valence-corrected chi connectivity index (χ0v) is 15.6. The van der Waals surface area contributed by atoms with Gasteiger partial charge in [0.25, 0.3) is 5.91 Å². The molecule has 0 saturated carbocycles. The quantitative estimate of drug-likeness (QED) is 0.590. The van der Waals surface area contributed by atoms with Crippen LogP contribution in [0.4, 0.5) is 0 Å². The molecule has 1 N–H and O–H groups in total. The lowest BCUT2D eigenvalue weighted by molar-refractivity contribution is 0.0953. The first kappa shape index (κ1) is 18.7. The van der Waals surface area contributed by atoms with Crippen molar-refractivity contribution in [1.29, 1.82) is 0 Å². The molecule has 5 nitrogen and oxygen atoms in total. The van der Waals surface area contributed by atoms with Gasteiger partial charge >= 0.3 is 0 Å². The van der Waals surface area contributed by atoms with Crippen LogP contribution in [0.25, 0.3) is 0 Å². The Balaban J connectivity index is 1.45. The molecule has 1 aromatic heterocycles. The first-order valence-corrected chi connectivity index (χ1v) is 9.30. The molecule has 1 heterocycles. The number of carbonyl (C=O) groups excluding carboxylic acids is 1. The molecule has 3 rings (SSSR count). The van der Waals surface area contributed by atoms with E-state index >= 15 is 0 Å². The number of para-hydroxylation sites is 1. The van der Waals surface area contributed by atoms with E-state index in [9.17, 15) is 4.79 Å². The summed E-state index contributed by atoms with van der Waals surface area (Å²) in [6.45, 7) is 4.03. The molecule has 5 heteroatoms. The van der Waals surface area contributed by atoms with E-state index in [0.717, 1.165) is 30.7 Å². The summed E-state index contributed by atoms with van der Waals surface area (Å²) in [6, 6.07) is 15.8. The number of hydrogen-bond acceptors (Lipinski definition) is 3. The maximum atomic E-state index is 12.3. The van der Waals surface area contributed by atoms with E-state index in [1.807, 2.05) is 60.2 Å². The topological polar surface area (TPSA) is 56.1 Å². The molecule has 0 atom stereocenters. The summed E-state index contributed by atoms with van der Waals surface area (Å²) in [6.07, 6.45) is 7.21. The largest absolute Gasteiger partial charge is 0.494 e. The highest BCUT2D eigenvalue weighted by molar-refractivity contribution is 5.94. The lowest BCUT2D eigenvalue weighted by Crippen LogP contribution is -2.24. The van der Waals surface area contributed by atoms with Crippen LogP contribution in [-0.2, 0) is 13.0 Å². The van der Waals surface area contributed by atoms with E-state index in [4.69, 9.17) is 4.74 Å². The van der Waals surface area contributed by atoms with Gasteiger partial charge in [0.05, 0.1) is 12.9 Å². The molecule has 0 fully saturated rings. The smallest absolute Gasteiger partial charge is 0.251 e. The second-order valence-corrected chi connectivity index (χ2v) is 6.33. The number of imidazole rings is 1. The Kier molecular flexibility index (Phi) is 6.63. The molecule has 0 spiro atoms. The van der Waals surface area contributed by atoms with Crippen LogP contribution >= 0.6 is 0 Å². The van der Waals surface area contributed by atoms with Crippen molar-refractivity contribution in [2.75, 3.05) is 13.2 Å². The predicted octanol–water partition coefficient (Wildman–Crippen LogP) is 3.69. The summed E-state index contributed by atoms with van der Waals surface area (Å²) in [5.74, 6) is 0.891. The maximum absolute atomic E-state index is 12.3. The van der Waals surface area contributed by atoms with E-state index in [1.54, 1.807) is 12.5 Å². The SMILES string of the molecule is CCOc1ccccc1CCCNC(=O)c1ccc(Cn2ccnc2)cc1. The van der Waals surface area contributed by atoms with Gasteiger partial charge in [0, 0.05) is 31.0 Å². The number of rotatable bonds is 9. The van der Waals surface area contributed by atoms with Crippen molar-refractivity contribution in [1.82, 2.24) is 14.9 Å². The molecule has 2 aromatic carbocycles. The van der Waals surface area contributed by atoms with Crippen molar-refractivity contribution in [3.63, 3.8) is 0 Å². The Labute approximate surface area is 160 Å². The highest BCUT2D eigenvalue weighted by Crippen LogP contribution is 2.19. The fourth-order valence-corrected chi connectivity index (χ4v) is 2.94. The number of amides is 1. The van der Waals surface area contributed by atoms with Gasteiger partial charge in [0.1, 0.15) is 5.75 Å². The lowest BCUT2D eigenvalue weighted by atomic mass is 10.1. The van der Waals surface area contributed by atoms with E-state index in [0.29, 0.717) is 18.7 Å². The van der Waals surface area contributed by atoms with Gasteiger partial charge in [-0.2, -0.15) is 0 Å². The second kappa shape index (κ2) is 9.57. The van der Waals surface area contributed by atoms with Gasteiger partial charge in [-0.15, -0.1) is 0 Å². The van der Waals surface area contributed by atoms with Gasteiger partial charge in [-0.25, -0.2) is 4.98 Å². The van der Waals surface area contributed by atoms with Gasteiger partial charge in [-0.1, -0.05) is 30.3 Å². The standard InChI is InChI=1S/C22H25N3O2/c1-2-27-21-8-4-3-6-19(21)7-5-13-24-22(26)20-11-9-18(10-12-20)16-25-15-14-23-17-25/h3-4,6,8-12,14-15,17H,2,5,7,13,16H2,1H3,(H,24,26). The second-order valence-electron chi connectivity index (χ2n) is 6.33. The summed E-state index contributed by atoms with van der Waals surface area (Å²) in [7, 11) is 0. The zero-order chi connectivity index (χ0) is 18.9. The van der Waals surface area contributed by atoms with Crippen molar-refractivity contribution in [2.45, 2.75) is 26.3 Å². The molecule has 3 aromatic rings. The molecule has 27 heavy (non-hydrogen) atoms. The van der Waals surface area contributed by atoms with Gasteiger partial charge < -0.3 is 14.6 Å². The fraction of sp³-hybridized carbons (Fsp3) is 0.273. The summed E-state index contributed by atoms with van der Waals surface area (Å²) < 4.78 is 7.64. The number of nitrogens with zero attached hydrogens (tertiary/aromatic N) is 2. The minimum Gasteiger partial charge on any atom is -0.494 e. The first-order chi connectivity index (χ1) is 13.3. The molecule has 0 aliphatic heterocycles. The van der Waals surface area contributed by atoms with Gasteiger partial charge in [-0.3, -0.25) is 4.79 Å². The van der Waals surface area contributed by atoms with Crippen molar-refractivity contribution >= 4 is 5.91 Å². The third-order valence-corrected chi connectivity index (χ3v) is 4.32. The summed E-state index contributed by atoms with van der Waals surface area (Å²) in [5.41, 5.74) is 2.99. The molecule has 140 valence electrons. The third-order valence-electron chi connectivity index (χ3n) is 4.32. The number of benzene rings is 2. The average molecular weight is 363 g/mol. The molecule has 0 unspecified atom stereocenters. The van der Waals surface area contributed by atoms with E-state index in [-0.39, 0.29) is 5.91 Å². The monoisotopic (exact) mass is 363 g/mol. The van der Waals surface area contributed by atoms with Crippen LogP contribution in [0.15, 0.2) is 67.3 Å². The number of carbonyl (C=O) groups is 1. The lowest BCUT2D eigenvalue weighted by Gasteiger charge is -2.10. The normalized spacial score (nSPS) is 10.6. The molecular weight excluding hydrogens is 338 g/mol. The number of aryl methyl sites for hydroxylation is 1. The Morgan fingerprint density at radius 1 is 1.15 bits per heavy atom. The van der Waals surface area contributed by atoms with Gasteiger partial charge in [0.2, 0.25) is 0 Å². The predicted molar refractivity (Wildman–Crippen MR) is 106 cm³/mol. The number of hydrogen-bond donors (Lipinski definition) is 1. The molecule has 0 aliphatic carbocycles. The highest BCUT2D eigenvalue weighted by Gasteiger charge is 2.06. The minimum atomic E-state index is -0.0396. The summed E-state index contributed by atoms with van der Waals surface area (Å²) >= 11 is 0. The summed E-state index contributed by atoms with van der Waals surface area (Å²) in [4.78, 5) is 16.3. The maximum Gasteiger partial charge on any atom is 0.251 e. The molecule has 0 saturated heterocycles. The molecule has 0 radical (unpaired) electrons. The Morgan fingerprint density at radius 2 is 1.96 bits per heavy atom. The minimum absolute atomic E-state index is 0.0396. The van der Waals surface area contributed by atoms with E-state index in [1.165, 1.54) is 5.56 Å². The fourth-order valence-electron chi connectivity index (χ4n) is 2.94. The van der Waals surface area contributed by atoms with Crippen LogP contribution in [0.1, 0.15) is 34.8 Å². The van der Waals surface area contributed by atoms with E-state index in [2.05, 4.69) is 16.4 Å². The Hall–Kier alpha value is -3.08.